The lowest BCUT2D eigenvalue weighted by Gasteiger charge is -2.12. The molecule has 0 bridgehead atoms. The van der Waals surface area contributed by atoms with Crippen molar-refractivity contribution in [3.63, 3.8) is 0 Å². The Hall–Kier alpha value is -1.13. The molecule has 4 N–H and O–H groups in total. The average Bonchev–Trinajstić information content (AvgIpc) is 2.67. The fourth-order valence-corrected chi connectivity index (χ4v) is 1.85. The Morgan fingerprint density at radius 3 is 2.93 bits per heavy atom. The van der Waals surface area contributed by atoms with E-state index in [0.717, 1.165) is 18.4 Å². The monoisotopic (exact) mass is 193 g/mol. The third-order valence-electron chi connectivity index (χ3n) is 2.67. The van der Waals surface area contributed by atoms with E-state index >= 15 is 0 Å². The molecule has 76 valence electrons. The summed E-state index contributed by atoms with van der Waals surface area (Å²) < 4.78 is 0. The number of pyridine rings is 1. The highest BCUT2D eigenvalue weighted by molar-refractivity contribution is 5.30. The van der Waals surface area contributed by atoms with Gasteiger partial charge >= 0.3 is 0 Å². The van der Waals surface area contributed by atoms with Crippen molar-refractivity contribution in [1.29, 1.82) is 0 Å². The van der Waals surface area contributed by atoms with Gasteiger partial charge in [0.2, 0.25) is 0 Å². The third kappa shape index (κ3) is 1.86. The maximum absolute atomic E-state index is 8.98. The molecular weight excluding hydrogens is 178 g/mol. The van der Waals surface area contributed by atoms with Gasteiger partial charge in [0.05, 0.1) is 6.61 Å². The van der Waals surface area contributed by atoms with E-state index in [1.165, 1.54) is 0 Å². The SMILES string of the molecule is Nc1ccc(C2CCC(CO)N2)cn1. The van der Waals surface area contributed by atoms with Crippen molar-refractivity contribution in [2.24, 2.45) is 0 Å². The van der Waals surface area contributed by atoms with Gasteiger partial charge in [0, 0.05) is 18.3 Å². The van der Waals surface area contributed by atoms with Crippen molar-refractivity contribution in [2.75, 3.05) is 12.3 Å². The molecule has 0 amide bonds. The van der Waals surface area contributed by atoms with E-state index in [4.69, 9.17) is 10.8 Å². The van der Waals surface area contributed by atoms with E-state index in [2.05, 4.69) is 10.3 Å². The fourth-order valence-electron chi connectivity index (χ4n) is 1.85. The Bertz CT molecular complexity index is 299. The molecule has 1 saturated heterocycles. The maximum Gasteiger partial charge on any atom is 0.123 e. The third-order valence-corrected chi connectivity index (χ3v) is 2.67. The minimum absolute atomic E-state index is 0.207. The van der Waals surface area contributed by atoms with Crippen LogP contribution in [0.15, 0.2) is 18.3 Å². The molecule has 2 unspecified atom stereocenters. The lowest BCUT2D eigenvalue weighted by atomic mass is 10.1. The molecule has 1 aromatic heterocycles. The number of aliphatic hydroxyl groups excluding tert-OH is 1. The van der Waals surface area contributed by atoms with Crippen LogP contribution in [0.25, 0.3) is 0 Å². The van der Waals surface area contributed by atoms with Crippen molar-refractivity contribution in [2.45, 2.75) is 24.9 Å². The summed E-state index contributed by atoms with van der Waals surface area (Å²) in [5, 5.41) is 12.3. The first kappa shape index (κ1) is 9.43. The molecule has 4 nitrogen and oxygen atoms in total. The summed E-state index contributed by atoms with van der Waals surface area (Å²) in [6.45, 7) is 0.207. The zero-order valence-electron chi connectivity index (χ0n) is 7.98. The Morgan fingerprint density at radius 1 is 1.50 bits per heavy atom. The average molecular weight is 193 g/mol. The maximum atomic E-state index is 8.98. The van der Waals surface area contributed by atoms with Gasteiger partial charge in [-0.3, -0.25) is 0 Å². The minimum atomic E-state index is 0.207. The Labute approximate surface area is 83.2 Å². The molecule has 2 rings (SSSR count). The van der Waals surface area contributed by atoms with Crippen LogP contribution in [0.5, 0.6) is 0 Å². The number of hydrogen-bond donors (Lipinski definition) is 3. The van der Waals surface area contributed by atoms with Crippen LogP contribution in [0, 0.1) is 0 Å². The summed E-state index contributed by atoms with van der Waals surface area (Å²) in [6.07, 6.45) is 3.87. The molecule has 1 fully saturated rings. The molecule has 14 heavy (non-hydrogen) atoms. The second kappa shape index (κ2) is 3.94. The Balaban J connectivity index is 2.06. The smallest absolute Gasteiger partial charge is 0.123 e. The molecule has 2 atom stereocenters. The number of rotatable bonds is 2. The molecule has 0 spiro atoms. The standard InChI is InChI=1S/C10H15N3O/c11-10-4-1-7(5-12-10)9-3-2-8(6-14)13-9/h1,4-5,8-9,13-14H,2-3,6H2,(H2,11,12). The van der Waals surface area contributed by atoms with Gasteiger partial charge in [-0.1, -0.05) is 6.07 Å². The highest BCUT2D eigenvalue weighted by Crippen LogP contribution is 2.25. The second-order valence-electron chi connectivity index (χ2n) is 3.69. The van der Waals surface area contributed by atoms with E-state index in [0.29, 0.717) is 11.9 Å². The first-order valence-electron chi connectivity index (χ1n) is 4.88. The van der Waals surface area contributed by atoms with Crippen LogP contribution in [-0.4, -0.2) is 22.7 Å². The van der Waals surface area contributed by atoms with Gasteiger partial charge in [0.1, 0.15) is 5.82 Å². The van der Waals surface area contributed by atoms with E-state index in [9.17, 15) is 0 Å². The molecule has 1 aliphatic heterocycles. The van der Waals surface area contributed by atoms with Crippen LogP contribution >= 0.6 is 0 Å². The van der Waals surface area contributed by atoms with Crippen LogP contribution in [0.3, 0.4) is 0 Å². The second-order valence-corrected chi connectivity index (χ2v) is 3.69. The molecule has 0 radical (unpaired) electrons. The van der Waals surface area contributed by atoms with Gasteiger partial charge in [0.15, 0.2) is 0 Å². The first-order chi connectivity index (χ1) is 6.79. The van der Waals surface area contributed by atoms with Crippen LogP contribution in [0.1, 0.15) is 24.4 Å². The Kier molecular flexibility index (Phi) is 2.65. The minimum Gasteiger partial charge on any atom is -0.395 e. The predicted molar refractivity (Wildman–Crippen MR) is 54.6 cm³/mol. The summed E-state index contributed by atoms with van der Waals surface area (Å²) in [5.74, 6) is 0.547. The summed E-state index contributed by atoms with van der Waals surface area (Å²) >= 11 is 0. The number of hydrogen-bond acceptors (Lipinski definition) is 4. The molecule has 0 saturated carbocycles. The number of aromatic nitrogens is 1. The van der Waals surface area contributed by atoms with Gasteiger partial charge < -0.3 is 16.2 Å². The van der Waals surface area contributed by atoms with Gasteiger partial charge in [-0.2, -0.15) is 0 Å². The quantitative estimate of drug-likeness (QED) is 0.637. The summed E-state index contributed by atoms with van der Waals surface area (Å²) in [7, 11) is 0. The summed E-state index contributed by atoms with van der Waals surface area (Å²) in [4.78, 5) is 4.05. The number of aliphatic hydroxyl groups is 1. The molecular formula is C10H15N3O. The highest BCUT2D eigenvalue weighted by Gasteiger charge is 2.23. The molecule has 1 aliphatic rings. The van der Waals surface area contributed by atoms with Crippen LogP contribution in [0.2, 0.25) is 0 Å². The van der Waals surface area contributed by atoms with Gasteiger partial charge in [0.25, 0.3) is 0 Å². The molecule has 1 aromatic rings. The fraction of sp³-hybridized carbons (Fsp3) is 0.500. The van der Waals surface area contributed by atoms with Gasteiger partial charge in [-0.05, 0) is 24.5 Å². The van der Waals surface area contributed by atoms with Crippen molar-refractivity contribution in [3.05, 3.63) is 23.9 Å². The van der Waals surface area contributed by atoms with Crippen molar-refractivity contribution >= 4 is 5.82 Å². The van der Waals surface area contributed by atoms with Gasteiger partial charge in [-0.15, -0.1) is 0 Å². The van der Waals surface area contributed by atoms with Crippen LogP contribution in [0.4, 0.5) is 5.82 Å². The zero-order valence-corrected chi connectivity index (χ0v) is 7.98. The van der Waals surface area contributed by atoms with Crippen molar-refractivity contribution in [1.82, 2.24) is 10.3 Å². The van der Waals surface area contributed by atoms with Crippen LogP contribution in [-0.2, 0) is 0 Å². The summed E-state index contributed by atoms with van der Waals surface area (Å²) in [5.41, 5.74) is 6.66. The van der Waals surface area contributed by atoms with Crippen molar-refractivity contribution in [3.8, 4) is 0 Å². The van der Waals surface area contributed by atoms with E-state index in [1.807, 2.05) is 12.1 Å². The number of anilines is 1. The first-order valence-corrected chi connectivity index (χ1v) is 4.88. The predicted octanol–water partition coefficient (Wildman–Crippen LogP) is 0.449. The van der Waals surface area contributed by atoms with Gasteiger partial charge in [-0.25, -0.2) is 4.98 Å². The topological polar surface area (TPSA) is 71.2 Å². The van der Waals surface area contributed by atoms with E-state index in [1.54, 1.807) is 6.20 Å². The Morgan fingerprint density at radius 2 is 2.36 bits per heavy atom. The molecule has 4 heteroatoms. The number of nitrogen functional groups attached to an aromatic ring is 1. The normalized spacial score (nSPS) is 26.6. The molecule has 2 heterocycles. The molecule has 0 aromatic carbocycles. The van der Waals surface area contributed by atoms with E-state index < -0.39 is 0 Å². The van der Waals surface area contributed by atoms with Crippen LogP contribution < -0.4 is 11.1 Å². The largest absolute Gasteiger partial charge is 0.395 e. The number of nitrogens with one attached hydrogen (secondary N) is 1. The highest BCUT2D eigenvalue weighted by atomic mass is 16.3. The number of nitrogens with zero attached hydrogens (tertiary/aromatic N) is 1. The van der Waals surface area contributed by atoms with E-state index in [-0.39, 0.29) is 12.6 Å². The zero-order chi connectivity index (χ0) is 9.97. The van der Waals surface area contributed by atoms with Crippen molar-refractivity contribution < 1.29 is 5.11 Å². The number of nitrogens with two attached hydrogens (primary N) is 1. The lowest BCUT2D eigenvalue weighted by Crippen LogP contribution is -2.27. The molecule has 0 aliphatic carbocycles. The summed E-state index contributed by atoms with van der Waals surface area (Å²) in [6, 6.07) is 4.35. The lowest BCUT2D eigenvalue weighted by molar-refractivity contribution is 0.251.